The molecular weight excluding hydrogens is 314 g/mol. The zero-order chi connectivity index (χ0) is 16.0. The number of rotatable bonds is 3. The van der Waals surface area contributed by atoms with Crippen molar-refractivity contribution in [3.05, 3.63) is 29.3 Å². The van der Waals surface area contributed by atoms with E-state index >= 15 is 0 Å². The Balaban J connectivity index is 2.42. The third-order valence-corrected chi connectivity index (χ3v) is 7.48. The number of sulfone groups is 1. The molecule has 0 radical (unpaired) electrons. The molecule has 1 aromatic rings. The smallest absolute Gasteiger partial charge is 0.243 e. The van der Waals surface area contributed by atoms with E-state index in [1.54, 1.807) is 26.0 Å². The lowest BCUT2D eigenvalue weighted by molar-refractivity contribution is 0.137. The molecule has 1 N–H and O–H groups in total. The largest absolute Gasteiger partial charge is 0.390 e. The molecule has 0 bridgehead atoms. The Kier molecular flexibility index (Phi) is 4.18. The van der Waals surface area contributed by atoms with Gasteiger partial charge in [0, 0.05) is 7.05 Å². The average Bonchev–Trinajstić information content (AvgIpc) is 2.64. The van der Waals surface area contributed by atoms with Gasteiger partial charge >= 0.3 is 0 Å². The fraction of sp³-hybridized carbons (Fsp3) is 0.538. The van der Waals surface area contributed by atoms with Crippen LogP contribution in [0.5, 0.6) is 0 Å². The van der Waals surface area contributed by atoms with Crippen molar-refractivity contribution in [1.29, 1.82) is 0 Å². The van der Waals surface area contributed by atoms with E-state index < -0.39 is 37.8 Å². The molecule has 1 heterocycles. The van der Waals surface area contributed by atoms with Crippen molar-refractivity contribution in [3.63, 3.8) is 0 Å². The third-order valence-electron chi connectivity index (χ3n) is 3.76. The summed E-state index contributed by atoms with van der Waals surface area (Å²) in [6.45, 7) is 3.47. The van der Waals surface area contributed by atoms with Crippen LogP contribution >= 0.6 is 0 Å². The third kappa shape index (κ3) is 3.13. The molecule has 0 unspecified atom stereocenters. The van der Waals surface area contributed by atoms with Crippen molar-refractivity contribution < 1.29 is 21.9 Å². The summed E-state index contributed by atoms with van der Waals surface area (Å²) in [6, 6.07) is 4.12. The van der Waals surface area contributed by atoms with E-state index in [0.717, 1.165) is 9.87 Å². The van der Waals surface area contributed by atoms with Gasteiger partial charge in [0.05, 0.1) is 28.5 Å². The Bertz CT molecular complexity index is 755. The number of likely N-dealkylation sites (N-methyl/N-ethyl adjacent to an activating group) is 1. The summed E-state index contributed by atoms with van der Waals surface area (Å²) in [5.41, 5.74) is 1.38. The maximum atomic E-state index is 12.7. The standard InChI is InChI=1S/C13H19NO5S2/c1-9-4-5-10(2)13(6-9)21(18,19)14(3)11-7-20(16,17)8-12(11)15/h4-6,11-12,15H,7-8H2,1-3H3/t11-,12-/m1/s1. The molecule has 0 aromatic heterocycles. The van der Waals surface area contributed by atoms with Gasteiger partial charge in [0.1, 0.15) is 0 Å². The van der Waals surface area contributed by atoms with Crippen LogP contribution in [0.15, 0.2) is 23.1 Å². The molecule has 1 aliphatic rings. The zero-order valence-electron chi connectivity index (χ0n) is 12.1. The fourth-order valence-corrected chi connectivity index (χ4v) is 6.11. The van der Waals surface area contributed by atoms with Gasteiger partial charge in [-0.25, -0.2) is 16.8 Å². The topological polar surface area (TPSA) is 91.8 Å². The molecular formula is C13H19NO5S2. The fourth-order valence-electron chi connectivity index (χ4n) is 2.48. The van der Waals surface area contributed by atoms with Gasteiger partial charge < -0.3 is 5.11 Å². The highest BCUT2D eigenvalue weighted by atomic mass is 32.2. The number of aryl methyl sites for hydroxylation is 2. The minimum absolute atomic E-state index is 0.140. The summed E-state index contributed by atoms with van der Waals surface area (Å²) in [5.74, 6) is -0.751. The maximum Gasteiger partial charge on any atom is 0.243 e. The minimum Gasteiger partial charge on any atom is -0.390 e. The molecule has 118 valence electrons. The molecule has 2 atom stereocenters. The van der Waals surface area contributed by atoms with Gasteiger partial charge in [-0.05, 0) is 31.0 Å². The zero-order valence-corrected chi connectivity index (χ0v) is 13.8. The highest BCUT2D eigenvalue weighted by Gasteiger charge is 2.43. The number of aliphatic hydroxyl groups excluding tert-OH is 1. The Morgan fingerprint density at radius 1 is 1.24 bits per heavy atom. The lowest BCUT2D eigenvalue weighted by Crippen LogP contribution is -2.44. The molecule has 0 amide bonds. The Hall–Kier alpha value is -0.960. The molecule has 0 saturated carbocycles. The molecule has 21 heavy (non-hydrogen) atoms. The number of hydrogen-bond donors (Lipinski definition) is 1. The molecule has 1 aliphatic heterocycles. The van der Waals surface area contributed by atoms with E-state index in [0.29, 0.717) is 5.56 Å². The molecule has 0 spiro atoms. The molecule has 8 heteroatoms. The number of sulfonamides is 1. The Morgan fingerprint density at radius 3 is 2.38 bits per heavy atom. The minimum atomic E-state index is -3.85. The van der Waals surface area contributed by atoms with E-state index in [9.17, 15) is 21.9 Å². The van der Waals surface area contributed by atoms with Crippen LogP contribution in [0.2, 0.25) is 0 Å². The van der Waals surface area contributed by atoms with Gasteiger partial charge in [0.2, 0.25) is 10.0 Å². The first-order chi connectivity index (χ1) is 9.54. The van der Waals surface area contributed by atoms with Gasteiger partial charge in [-0.3, -0.25) is 0 Å². The van der Waals surface area contributed by atoms with Crippen molar-refractivity contribution >= 4 is 19.9 Å². The SMILES string of the molecule is Cc1ccc(C)c(S(=O)(=O)N(C)[C@@H]2CS(=O)(=O)C[C@H]2O)c1. The number of hydrogen-bond acceptors (Lipinski definition) is 5. The number of benzene rings is 1. The molecule has 1 fully saturated rings. The molecule has 2 rings (SSSR count). The molecule has 6 nitrogen and oxygen atoms in total. The highest BCUT2D eigenvalue weighted by molar-refractivity contribution is 7.92. The molecule has 1 saturated heterocycles. The van der Waals surface area contributed by atoms with Gasteiger partial charge in [-0.15, -0.1) is 0 Å². The second kappa shape index (κ2) is 5.35. The van der Waals surface area contributed by atoms with Crippen LogP contribution in [0, 0.1) is 13.8 Å². The summed E-state index contributed by atoms with van der Waals surface area (Å²) in [4.78, 5) is 0.140. The van der Waals surface area contributed by atoms with Crippen molar-refractivity contribution in [2.45, 2.75) is 30.9 Å². The van der Waals surface area contributed by atoms with Crippen LogP contribution < -0.4 is 0 Å². The van der Waals surface area contributed by atoms with E-state index in [4.69, 9.17) is 0 Å². The van der Waals surface area contributed by atoms with Crippen LogP contribution in [0.4, 0.5) is 0 Å². The van der Waals surface area contributed by atoms with Gasteiger partial charge in [-0.2, -0.15) is 4.31 Å². The van der Waals surface area contributed by atoms with Crippen LogP contribution in [0.1, 0.15) is 11.1 Å². The second-order valence-corrected chi connectivity index (χ2v) is 9.62. The van der Waals surface area contributed by atoms with Gasteiger partial charge in [0.15, 0.2) is 9.84 Å². The normalized spacial score (nSPS) is 25.4. The summed E-state index contributed by atoms with van der Waals surface area (Å²) in [5, 5.41) is 9.84. The lowest BCUT2D eigenvalue weighted by Gasteiger charge is -2.26. The summed E-state index contributed by atoms with van der Waals surface area (Å²) in [7, 11) is -5.94. The van der Waals surface area contributed by atoms with Crippen molar-refractivity contribution in [2.24, 2.45) is 0 Å². The molecule has 0 aliphatic carbocycles. The van der Waals surface area contributed by atoms with Gasteiger partial charge in [0.25, 0.3) is 0 Å². The summed E-state index contributed by atoms with van der Waals surface area (Å²) >= 11 is 0. The number of nitrogens with zero attached hydrogens (tertiary/aromatic N) is 1. The van der Waals surface area contributed by atoms with Crippen LogP contribution in [0.25, 0.3) is 0 Å². The first kappa shape index (κ1) is 16.4. The van der Waals surface area contributed by atoms with E-state index in [1.807, 2.05) is 6.07 Å². The van der Waals surface area contributed by atoms with Crippen molar-refractivity contribution in [1.82, 2.24) is 4.31 Å². The molecule has 1 aromatic carbocycles. The van der Waals surface area contributed by atoms with E-state index in [2.05, 4.69) is 0 Å². The summed E-state index contributed by atoms with van der Waals surface area (Å²) < 4.78 is 49.4. The Morgan fingerprint density at radius 2 is 1.86 bits per heavy atom. The Labute approximate surface area is 125 Å². The lowest BCUT2D eigenvalue weighted by atomic mass is 10.2. The monoisotopic (exact) mass is 333 g/mol. The quantitative estimate of drug-likeness (QED) is 0.846. The van der Waals surface area contributed by atoms with E-state index in [-0.39, 0.29) is 10.6 Å². The average molecular weight is 333 g/mol. The highest BCUT2D eigenvalue weighted by Crippen LogP contribution is 2.26. The predicted octanol–water partition coefficient (Wildman–Crippen LogP) is 0.0818. The van der Waals surface area contributed by atoms with Crippen LogP contribution in [-0.2, 0) is 19.9 Å². The van der Waals surface area contributed by atoms with Crippen molar-refractivity contribution in [2.75, 3.05) is 18.6 Å². The predicted molar refractivity (Wildman–Crippen MR) is 79.3 cm³/mol. The summed E-state index contributed by atoms with van der Waals surface area (Å²) in [6.07, 6.45) is -1.19. The van der Waals surface area contributed by atoms with Crippen LogP contribution in [0.3, 0.4) is 0 Å². The first-order valence-corrected chi connectivity index (χ1v) is 9.74. The first-order valence-electron chi connectivity index (χ1n) is 6.48. The van der Waals surface area contributed by atoms with E-state index in [1.165, 1.54) is 7.05 Å². The maximum absolute atomic E-state index is 12.7. The second-order valence-electron chi connectivity index (χ2n) is 5.50. The van der Waals surface area contributed by atoms with Gasteiger partial charge in [-0.1, -0.05) is 12.1 Å². The van der Waals surface area contributed by atoms with Crippen molar-refractivity contribution in [3.8, 4) is 0 Å². The number of aliphatic hydroxyl groups is 1. The van der Waals surface area contributed by atoms with Crippen LogP contribution in [-0.4, -0.2) is 56.9 Å².